The molecule has 1 nitrogen and oxygen atoms in total. The summed E-state index contributed by atoms with van der Waals surface area (Å²) in [7, 11) is 0. The van der Waals surface area contributed by atoms with Crippen LogP contribution in [0.2, 0.25) is 0 Å². The zero-order valence-electron chi connectivity index (χ0n) is 9.82. The number of thioether (sulfide) groups is 2. The van der Waals surface area contributed by atoms with Crippen LogP contribution < -0.4 is 5.32 Å². The first kappa shape index (κ1) is 12.9. The van der Waals surface area contributed by atoms with Crippen LogP contribution in [0.1, 0.15) is 18.0 Å². The summed E-state index contributed by atoms with van der Waals surface area (Å²) < 4.78 is 0. The van der Waals surface area contributed by atoms with Gasteiger partial charge >= 0.3 is 0 Å². The van der Waals surface area contributed by atoms with E-state index >= 15 is 0 Å². The molecule has 0 aliphatic carbocycles. The molecular formula is C14H17NS2. The molecule has 1 atom stereocenters. The molecular weight excluding hydrogens is 246 g/mol. The third-order valence-electron chi connectivity index (χ3n) is 2.78. The quantitative estimate of drug-likeness (QED) is 0.647. The van der Waals surface area contributed by atoms with Gasteiger partial charge in [0.25, 0.3) is 0 Å². The molecule has 0 aromatic heterocycles. The molecule has 0 saturated carbocycles. The van der Waals surface area contributed by atoms with E-state index in [1.165, 1.54) is 22.6 Å². The standard InChI is InChI=1S/C14H17NS2/c1-2-9-16-11-8-15-13-7-10-17-14-6-4-3-5-12(13)14/h1,3-6,13,15H,7-11H2. The molecule has 3 heteroatoms. The van der Waals surface area contributed by atoms with Crippen molar-refractivity contribution in [2.75, 3.05) is 23.8 Å². The highest BCUT2D eigenvalue weighted by Gasteiger charge is 2.18. The number of terminal acetylenes is 1. The van der Waals surface area contributed by atoms with Crippen molar-refractivity contribution in [1.82, 2.24) is 5.32 Å². The van der Waals surface area contributed by atoms with Gasteiger partial charge in [-0.2, -0.15) is 0 Å². The summed E-state index contributed by atoms with van der Waals surface area (Å²) in [4.78, 5) is 1.44. The molecule has 1 heterocycles. The summed E-state index contributed by atoms with van der Waals surface area (Å²) in [6.45, 7) is 1.04. The first-order chi connectivity index (χ1) is 8.42. The summed E-state index contributed by atoms with van der Waals surface area (Å²) in [6, 6.07) is 9.25. The molecule has 1 N–H and O–H groups in total. The van der Waals surface area contributed by atoms with Crippen molar-refractivity contribution in [2.24, 2.45) is 0 Å². The number of nitrogens with one attached hydrogen (secondary N) is 1. The molecule has 0 amide bonds. The van der Waals surface area contributed by atoms with Crippen molar-refractivity contribution >= 4 is 23.5 Å². The summed E-state index contributed by atoms with van der Waals surface area (Å²) >= 11 is 3.79. The molecule has 0 radical (unpaired) electrons. The van der Waals surface area contributed by atoms with E-state index in [2.05, 4.69) is 35.5 Å². The topological polar surface area (TPSA) is 12.0 Å². The Bertz CT molecular complexity index is 397. The smallest absolute Gasteiger partial charge is 0.0545 e. The predicted octanol–water partition coefficient (Wildman–Crippen LogP) is 3.18. The van der Waals surface area contributed by atoms with Crippen molar-refractivity contribution in [1.29, 1.82) is 0 Å². The van der Waals surface area contributed by atoms with Gasteiger partial charge in [-0.1, -0.05) is 24.1 Å². The highest BCUT2D eigenvalue weighted by atomic mass is 32.2. The van der Waals surface area contributed by atoms with Crippen LogP contribution in [-0.2, 0) is 0 Å². The molecule has 1 unspecified atom stereocenters. The van der Waals surface area contributed by atoms with Gasteiger partial charge in [-0.05, 0) is 23.8 Å². The molecule has 17 heavy (non-hydrogen) atoms. The van der Waals surface area contributed by atoms with Gasteiger partial charge in [0.05, 0.1) is 5.75 Å². The number of hydrogen-bond acceptors (Lipinski definition) is 3. The number of hydrogen-bond donors (Lipinski definition) is 1. The van der Waals surface area contributed by atoms with Gasteiger partial charge < -0.3 is 5.32 Å². The number of rotatable bonds is 5. The Morgan fingerprint density at radius 1 is 1.47 bits per heavy atom. The second-order valence-electron chi connectivity index (χ2n) is 3.94. The lowest BCUT2D eigenvalue weighted by atomic mass is 10.0. The summed E-state index contributed by atoms with van der Waals surface area (Å²) in [5.74, 6) is 5.78. The van der Waals surface area contributed by atoms with Gasteiger partial charge in [-0.3, -0.25) is 0 Å². The minimum Gasteiger partial charge on any atom is -0.309 e. The van der Waals surface area contributed by atoms with Crippen molar-refractivity contribution < 1.29 is 0 Å². The van der Waals surface area contributed by atoms with E-state index in [-0.39, 0.29) is 0 Å². The number of benzene rings is 1. The second-order valence-corrected chi connectivity index (χ2v) is 6.18. The lowest BCUT2D eigenvalue weighted by molar-refractivity contribution is 0.530. The van der Waals surface area contributed by atoms with Gasteiger partial charge in [-0.15, -0.1) is 29.9 Å². The average molecular weight is 263 g/mol. The highest BCUT2D eigenvalue weighted by molar-refractivity contribution is 7.99. The predicted molar refractivity (Wildman–Crippen MR) is 78.7 cm³/mol. The highest BCUT2D eigenvalue weighted by Crippen LogP contribution is 2.35. The maximum absolute atomic E-state index is 5.22. The van der Waals surface area contributed by atoms with E-state index in [0.29, 0.717) is 6.04 Å². The molecule has 1 aromatic carbocycles. The van der Waals surface area contributed by atoms with Gasteiger partial charge in [0.15, 0.2) is 0 Å². The average Bonchev–Trinajstić information content (AvgIpc) is 2.39. The summed E-state index contributed by atoms with van der Waals surface area (Å²) in [5.41, 5.74) is 1.46. The Morgan fingerprint density at radius 3 is 3.24 bits per heavy atom. The van der Waals surface area contributed by atoms with Crippen molar-refractivity contribution in [3.05, 3.63) is 29.8 Å². The molecule has 2 rings (SSSR count). The van der Waals surface area contributed by atoms with Crippen LogP contribution in [0.25, 0.3) is 0 Å². The van der Waals surface area contributed by atoms with E-state index in [0.717, 1.165) is 18.1 Å². The Hall–Kier alpha value is -0.560. The Labute approximate surface area is 112 Å². The minimum absolute atomic E-state index is 0.527. The van der Waals surface area contributed by atoms with Crippen LogP contribution in [0.15, 0.2) is 29.2 Å². The van der Waals surface area contributed by atoms with E-state index in [1.54, 1.807) is 0 Å². The lowest BCUT2D eigenvalue weighted by Gasteiger charge is -2.25. The van der Waals surface area contributed by atoms with Crippen LogP contribution in [0.5, 0.6) is 0 Å². The van der Waals surface area contributed by atoms with E-state index in [1.807, 2.05) is 23.5 Å². The fourth-order valence-corrected chi connectivity index (χ4v) is 3.64. The number of fused-ring (bicyclic) bond motifs is 1. The minimum atomic E-state index is 0.527. The van der Waals surface area contributed by atoms with Gasteiger partial charge in [0.1, 0.15) is 0 Å². The molecule has 0 spiro atoms. The summed E-state index contributed by atoms with van der Waals surface area (Å²) in [6.07, 6.45) is 6.45. The van der Waals surface area contributed by atoms with Crippen LogP contribution in [0, 0.1) is 12.3 Å². The third kappa shape index (κ3) is 3.70. The van der Waals surface area contributed by atoms with Crippen molar-refractivity contribution in [3.8, 4) is 12.3 Å². The zero-order chi connectivity index (χ0) is 11.9. The Balaban J connectivity index is 1.84. The molecule has 1 aliphatic rings. The van der Waals surface area contributed by atoms with Crippen LogP contribution in [-0.4, -0.2) is 23.8 Å². The summed E-state index contributed by atoms with van der Waals surface area (Å²) in [5, 5.41) is 3.63. The van der Waals surface area contributed by atoms with E-state index in [4.69, 9.17) is 6.42 Å². The normalized spacial score (nSPS) is 18.4. The van der Waals surface area contributed by atoms with Gasteiger partial charge in [-0.25, -0.2) is 0 Å². The lowest BCUT2D eigenvalue weighted by Crippen LogP contribution is -2.26. The maximum Gasteiger partial charge on any atom is 0.0545 e. The molecule has 1 aliphatic heterocycles. The second kappa shape index (κ2) is 7.00. The largest absolute Gasteiger partial charge is 0.309 e. The molecule has 0 saturated heterocycles. The monoisotopic (exact) mass is 263 g/mol. The first-order valence-corrected chi connectivity index (χ1v) is 8.02. The SMILES string of the molecule is C#CCSCCNC1CCSc2ccccc21. The molecule has 0 bridgehead atoms. The zero-order valence-corrected chi connectivity index (χ0v) is 11.4. The Morgan fingerprint density at radius 2 is 2.35 bits per heavy atom. The van der Waals surface area contributed by atoms with Crippen molar-refractivity contribution in [3.63, 3.8) is 0 Å². The van der Waals surface area contributed by atoms with Gasteiger partial charge in [0.2, 0.25) is 0 Å². The Kier molecular flexibility index (Phi) is 5.31. The van der Waals surface area contributed by atoms with Crippen LogP contribution in [0.4, 0.5) is 0 Å². The third-order valence-corrected chi connectivity index (χ3v) is 4.77. The van der Waals surface area contributed by atoms with Gasteiger partial charge in [0, 0.05) is 23.2 Å². The van der Waals surface area contributed by atoms with E-state index in [9.17, 15) is 0 Å². The van der Waals surface area contributed by atoms with Crippen LogP contribution >= 0.6 is 23.5 Å². The fraction of sp³-hybridized carbons (Fsp3) is 0.429. The molecule has 0 fully saturated rings. The maximum atomic E-state index is 5.22. The van der Waals surface area contributed by atoms with E-state index < -0.39 is 0 Å². The molecule has 90 valence electrons. The first-order valence-electron chi connectivity index (χ1n) is 5.88. The fourth-order valence-electron chi connectivity index (χ4n) is 1.99. The van der Waals surface area contributed by atoms with Crippen LogP contribution in [0.3, 0.4) is 0 Å². The molecule has 1 aromatic rings. The van der Waals surface area contributed by atoms with Crippen molar-refractivity contribution in [2.45, 2.75) is 17.4 Å².